The van der Waals surface area contributed by atoms with Gasteiger partial charge in [-0.3, -0.25) is 0 Å². The van der Waals surface area contributed by atoms with E-state index in [0.717, 1.165) is 6.26 Å². The van der Waals surface area contributed by atoms with Crippen LogP contribution < -0.4 is 0 Å². The normalized spacial score (nSPS) is 11.5. The second-order valence-corrected chi connectivity index (χ2v) is 0.981. The maximum atomic E-state index is 7.93. The number of thiol groups is 1. The summed E-state index contributed by atoms with van der Waals surface area (Å²) in [5.74, 6) is 0. The average Bonchev–Trinajstić information content (AvgIpc) is 1.61. The van der Waals surface area contributed by atoms with Gasteiger partial charge in [0.2, 0.25) is 0 Å². The van der Waals surface area contributed by atoms with Crippen LogP contribution in [0.5, 0.6) is 0 Å². The van der Waals surface area contributed by atoms with Gasteiger partial charge in [0.25, 0.3) is 0 Å². The number of aliphatic hydroxyl groups excluding tert-OH is 1. The van der Waals surface area contributed by atoms with Gasteiger partial charge in [0, 0.05) is 0 Å². The van der Waals surface area contributed by atoms with Gasteiger partial charge in [-0.05, 0) is 11.5 Å². The van der Waals surface area contributed by atoms with Gasteiger partial charge in [-0.15, -0.1) is 0 Å². The zero-order valence-corrected chi connectivity index (χ0v) is 4.10. The summed E-state index contributed by atoms with van der Waals surface area (Å²) in [6.07, 6.45) is 4.04. The molecule has 34 valence electrons. The standard InChI is InChI=1S/C4H6OS/c5-3-1-2-4-6/h1-6H/b3-1+,4-2+. The first-order valence-electron chi connectivity index (χ1n) is 1.52. The predicted molar refractivity (Wildman–Crippen MR) is 29.9 cm³/mol. The summed E-state index contributed by atoms with van der Waals surface area (Å²) in [6, 6.07) is 0. The SMILES string of the molecule is O/C=C/C=C/S. The number of aliphatic hydroxyl groups is 1. The van der Waals surface area contributed by atoms with Crippen LogP contribution in [-0.2, 0) is 0 Å². The van der Waals surface area contributed by atoms with Crippen molar-refractivity contribution in [3.63, 3.8) is 0 Å². The highest BCUT2D eigenvalue weighted by atomic mass is 32.1. The molecule has 0 radical (unpaired) electrons. The fourth-order valence-corrected chi connectivity index (χ4v) is 0.199. The minimum absolute atomic E-state index is 0.951. The summed E-state index contributed by atoms with van der Waals surface area (Å²) in [5.41, 5.74) is 0. The molecule has 0 aliphatic carbocycles. The van der Waals surface area contributed by atoms with E-state index < -0.39 is 0 Å². The molecule has 0 rings (SSSR count). The van der Waals surface area contributed by atoms with Gasteiger partial charge in [-0.25, -0.2) is 0 Å². The van der Waals surface area contributed by atoms with Crippen molar-refractivity contribution in [2.45, 2.75) is 0 Å². The van der Waals surface area contributed by atoms with Crippen molar-refractivity contribution in [1.29, 1.82) is 0 Å². The molecule has 2 heteroatoms. The lowest BCUT2D eigenvalue weighted by Gasteiger charge is -1.62. The zero-order chi connectivity index (χ0) is 4.83. The Labute approximate surface area is 42.4 Å². The van der Waals surface area contributed by atoms with Crippen molar-refractivity contribution >= 4 is 12.6 Å². The molecule has 0 atom stereocenters. The van der Waals surface area contributed by atoms with Crippen molar-refractivity contribution in [3.8, 4) is 0 Å². The monoisotopic (exact) mass is 102 g/mol. The average molecular weight is 102 g/mol. The minimum Gasteiger partial charge on any atom is -0.516 e. The second-order valence-electron chi connectivity index (χ2n) is 0.683. The van der Waals surface area contributed by atoms with E-state index in [1.165, 1.54) is 11.5 Å². The van der Waals surface area contributed by atoms with Gasteiger partial charge in [0.05, 0.1) is 6.26 Å². The van der Waals surface area contributed by atoms with E-state index in [-0.39, 0.29) is 0 Å². The lowest BCUT2D eigenvalue weighted by atomic mass is 10.6. The maximum Gasteiger partial charge on any atom is 0.0791 e. The van der Waals surface area contributed by atoms with Gasteiger partial charge in [-0.2, -0.15) is 12.6 Å². The zero-order valence-electron chi connectivity index (χ0n) is 3.20. The van der Waals surface area contributed by atoms with Gasteiger partial charge in [0.1, 0.15) is 0 Å². The van der Waals surface area contributed by atoms with Crippen LogP contribution in [0.2, 0.25) is 0 Å². The molecule has 1 N–H and O–H groups in total. The number of hydrogen-bond acceptors (Lipinski definition) is 2. The number of rotatable bonds is 1. The summed E-state index contributed by atoms with van der Waals surface area (Å²) in [6.45, 7) is 0. The van der Waals surface area contributed by atoms with E-state index in [4.69, 9.17) is 5.11 Å². The van der Waals surface area contributed by atoms with E-state index in [1.807, 2.05) is 0 Å². The molecule has 0 saturated carbocycles. The molecule has 0 spiro atoms. The second kappa shape index (κ2) is 4.63. The van der Waals surface area contributed by atoms with Crippen LogP contribution in [-0.4, -0.2) is 5.11 Å². The lowest BCUT2D eigenvalue weighted by Crippen LogP contribution is -1.43. The Morgan fingerprint density at radius 3 is 2.17 bits per heavy atom. The first-order chi connectivity index (χ1) is 2.91. The highest BCUT2D eigenvalue weighted by Crippen LogP contribution is 1.75. The predicted octanol–water partition coefficient (Wildman–Crippen LogP) is 1.50. The molecule has 6 heavy (non-hydrogen) atoms. The molecule has 0 fully saturated rings. The van der Waals surface area contributed by atoms with E-state index in [0.29, 0.717) is 0 Å². The Bertz CT molecular complexity index is 55.9. The molecule has 0 amide bonds. The van der Waals surface area contributed by atoms with Crippen molar-refractivity contribution in [1.82, 2.24) is 0 Å². The highest BCUT2D eigenvalue weighted by Gasteiger charge is 1.50. The lowest BCUT2D eigenvalue weighted by molar-refractivity contribution is 0.474. The van der Waals surface area contributed by atoms with Crippen molar-refractivity contribution < 1.29 is 5.11 Å². The smallest absolute Gasteiger partial charge is 0.0791 e. The van der Waals surface area contributed by atoms with Gasteiger partial charge in [-0.1, -0.05) is 6.08 Å². The van der Waals surface area contributed by atoms with E-state index in [9.17, 15) is 0 Å². The van der Waals surface area contributed by atoms with Crippen molar-refractivity contribution in [2.24, 2.45) is 0 Å². The van der Waals surface area contributed by atoms with Crippen LogP contribution in [0.15, 0.2) is 23.8 Å². The molecule has 0 unspecified atom stereocenters. The largest absolute Gasteiger partial charge is 0.516 e. The van der Waals surface area contributed by atoms with Crippen LogP contribution in [0.3, 0.4) is 0 Å². The molecular weight excluding hydrogens is 96.1 g/mol. The first kappa shape index (κ1) is 5.63. The fraction of sp³-hybridized carbons (Fsp3) is 0. The van der Waals surface area contributed by atoms with Crippen molar-refractivity contribution in [3.05, 3.63) is 23.8 Å². The van der Waals surface area contributed by atoms with Crippen LogP contribution in [0.1, 0.15) is 0 Å². The molecular formula is C4H6OS. The maximum absolute atomic E-state index is 7.93. The molecule has 1 nitrogen and oxygen atoms in total. The molecule has 0 aromatic carbocycles. The molecule has 0 aromatic rings. The summed E-state index contributed by atoms with van der Waals surface area (Å²) in [7, 11) is 0. The van der Waals surface area contributed by atoms with E-state index in [2.05, 4.69) is 12.6 Å². The topological polar surface area (TPSA) is 20.2 Å². The third-order valence-corrected chi connectivity index (χ3v) is 0.455. The molecule has 0 aliphatic rings. The third kappa shape index (κ3) is 3.63. The van der Waals surface area contributed by atoms with Crippen LogP contribution >= 0.6 is 12.6 Å². The minimum atomic E-state index is 0.951. The number of allylic oxidation sites excluding steroid dienone is 2. The van der Waals surface area contributed by atoms with Gasteiger partial charge >= 0.3 is 0 Å². The molecule has 0 saturated heterocycles. The Kier molecular flexibility index (Phi) is 4.34. The van der Waals surface area contributed by atoms with Crippen LogP contribution in [0, 0.1) is 0 Å². The molecule has 0 aliphatic heterocycles. The fourth-order valence-electron chi connectivity index (χ4n) is 0.0994. The van der Waals surface area contributed by atoms with E-state index >= 15 is 0 Å². The summed E-state index contributed by atoms with van der Waals surface area (Å²) >= 11 is 3.71. The van der Waals surface area contributed by atoms with Gasteiger partial charge < -0.3 is 5.11 Å². The molecule has 0 aromatic heterocycles. The third-order valence-electron chi connectivity index (χ3n) is 0.283. The Balaban J connectivity index is 3.07. The van der Waals surface area contributed by atoms with Crippen molar-refractivity contribution in [2.75, 3.05) is 0 Å². The molecule has 0 heterocycles. The number of hydrogen-bond donors (Lipinski definition) is 2. The Morgan fingerprint density at radius 2 is 2.00 bits per heavy atom. The Morgan fingerprint density at radius 1 is 1.33 bits per heavy atom. The Hall–Kier alpha value is -0.370. The highest BCUT2D eigenvalue weighted by molar-refractivity contribution is 7.83. The summed E-state index contributed by atoms with van der Waals surface area (Å²) < 4.78 is 0. The summed E-state index contributed by atoms with van der Waals surface area (Å²) in [4.78, 5) is 0. The van der Waals surface area contributed by atoms with Crippen LogP contribution in [0.25, 0.3) is 0 Å². The first-order valence-corrected chi connectivity index (χ1v) is 2.03. The molecule has 0 bridgehead atoms. The van der Waals surface area contributed by atoms with E-state index in [1.54, 1.807) is 6.08 Å². The quantitative estimate of drug-likeness (QED) is 0.292. The van der Waals surface area contributed by atoms with Gasteiger partial charge in [0.15, 0.2) is 0 Å². The van der Waals surface area contributed by atoms with Crippen LogP contribution in [0.4, 0.5) is 0 Å². The summed E-state index contributed by atoms with van der Waals surface area (Å²) in [5, 5.41) is 9.47.